The van der Waals surface area contributed by atoms with Crippen LogP contribution in [0.4, 0.5) is 5.82 Å². The van der Waals surface area contributed by atoms with Gasteiger partial charge in [0.2, 0.25) is 0 Å². The molecule has 0 saturated carbocycles. The second kappa shape index (κ2) is 8.73. The molecule has 0 aliphatic carbocycles. The standard InChI is InChI=1S/C15H26ClN3S/c1-11(2)6-8-19(9-7-12(3)4)14-10-13(16)17-15(18-14)20-5/h10-12H,6-9H2,1-5H3. The SMILES string of the molecule is CSc1nc(Cl)cc(N(CCC(C)C)CCC(C)C)n1. The van der Waals surface area contributed by atoms with Crippen LogP contribution < -0.4 is 4.90 Å². The monoisotopic (exact) mass is 315 g/mol. The second-order valence-electron chi connectivity index (χ2n) is 5.89. The lowest BCUT2D eigenvalue weighted by molar-refractivity contribution is 0.532. The highest BCUT2D eigenvalue weighted by atomic mass is 35.5. The van der Waals surface area contributed by atoms with Crippen LogP contribution >= 0.6 is 23.4 Å². The van der Waals surface area contributed by atoms with Crippen molar-refractivity contribution in [2.75, 3.05) is 24.2 Å². The average Bonchev–Trinajstić information content (AvgIpc) is 2.37. The highest BCUT2D eigenvalue weighted by Crippen LogP contribution is 2.22. The fourth-order valence-corrected chi connectivity index (χ4v) is 2.41. The lowest BCUT2D eigenvalue weighted by Crippen LogP contribution is -2.28. The summed E-state index contributed by atoms with van der Waals surface area (Å²) in [7, 11) is 0. The minimum absolute atomic E-state index is 0.526. The van der Waals surface area contributed by atoms with Crippen LogP contribution in [0, 0.1) is 11.8 Å². The molecule has 0 atom stereocenters. The van der Waals surface area contributed by atoms with Crippen molar-refractivity contribution in [3.05, 3.63) is 11.2 Å². The van der Waals surface area contributed by atoms with E-state index in [9.17, 15) is 0 Å². The molecule has 3 nitrogen and oxygen atoms in total. The Balaban J connectivity index is 2.86. The van der Waals surface area contributed by atoms with Gasteiger partial charge in [0, 0.05) is 19.2 Å². The Morgan fingerprint density at radius 1 is 1.10 bits per heavy atom. The maximum absolute atomic E-state index is 6.11. The summed E-state index contributed by atoms with van der Waals surface area (Å²) in [6, 6.07) is 1.88. The third-order valence-electron chi connectivity index (χ3n) is 3.12. The highest BCUT2D eigenvalue weighted by Gasteiger charge is 2.12. The molecule has 5 heteroatoms. The average molecular weight is 316 g/mol. The first kappa shape index (κ1) is 17.6. The van der Waals surface area contributed by atoms with Crippen LogP contribution in [0.25, 0.3) is 0 Å². The first-order valence-electron chi connectivity index (χ1n) is 7.26. The van der Waals surface area contributed by atoms with Crippen LogP contribution in [0.3, 0.4) is 0 Å². The molecule has 0 radical (unpaired) electrons. The van der Waals surface area contributed by atoms with E-state index >= 15 is 0 Å². The molecule has 1 heterocycles. The van der Waals surface area contributed by atoms with E-state index < -0.39 is 0 Å². The van der Waals surface area contributed by atoms with Gasteiger partial charge in [0.25, 0.3) is 0 Å². The summed E-state index contributed by atoms with van der Waals surface area (Å²) in [5.74, 6) is 2.33. The molecule has 0 unspecified atom stereocenters. The summed E-state index contributed by atoms with van der Waals surface area (Å²) in [6.07, 6.45) is 4.30. The molecule has 0 amide bonds. The third-order valence-corrected chi connectivity index (χ3v) is 3.86. The summed E-state index contributed by atoms with van der Waals surface area (Å²) in [4.78, 5) is 11.2. The Hall–Kier alpha value is -0.480. The maximum Gasteiger partial charge on any atom is 0.190 e. The van der Waals surface area contributed by atoms with E-state index in [4.69, 9.17) is 11.6 Å². The number of aromatic nitrogens is 2. The molecule has 1 rings (SSSR count). The summed E-state index contributed by atoms with van der Waals surface area (Å²) in [5.41, 5.74) is 0. The third kappa shape index (κ3) is 6.31. The Labute approximate surface area is 132 Å². The molecular weight excluding hydrogens is 290 g/mol. The summed E-state index contributed by atoms with van der Waals surface area (Å²) >= 11 is 7.64. The molecule has 0 spiro atoms. The molecule has 0 bridgehead atoms. The van der Waals surface area contributed by atoms with Crippen molar-refractivity contribution < 1.29 is 0 Å². The zero-order valence-electron chi connectivity index (χ0n) is 13.2. The van der Waals surface area contributed by atoms with Crippen molar-refractivity contribution in [2.45, 2.75) is 45.7 Å². The van der Waals surface area contributed by atoms with E-state index in [1.54, 1.807) is 0 Å². The van der Waals surface area contributed by atoms with Crippen molar-refractivity contribution >= 4 is 29.2 Å². The molecule has 1 aromatic rings. The molecule has 1 aromatic heterocycles. The van der Waals surface area contributed by atoms with Gasteiger partial charge >= 0.3 is 0 Å². The van der Waals surface area contributed by atoms with Gasteiger partial charge in [-0.2, -0.15) is 0 Å². The van der Waals surface area contributed by atoms with E-state index in [0.717, 1.165) is 36.9 Å². The number of hydrogen-bond acceptors (Lipinski definition) is 4. The molecule has 0 aromatic carbocycles. The number of anilines is 1. The second-order valence-corrected chi connectivity index (χ2v) is 7.05. The number of thioether (sulfide) groups is 1. The van der Waals surface area contributed by atoms with Crippen molar-refractivity contribution in [1.29, 1.82) is 0 Å². The zero-order chi connectivity index (χ0) is 15.1. The van der Waals surface area contributed by atoms with Crippen LogP contribution in [-0.4, -0.2) is 29.3 Å². The normalized spacial score (nSPS) is 11.4. The van der Waals surface area contributed by atoms with Gasteiger partial charge < -0.3 is 4.90 Å². The van der Waals surface area contributed by atoms with Crippen LogP contribution in [0.2, 0.25) is 5.15 Å². The Kier molecular flexibility index (Phi) is 7.67. The number of rotatable bonds is 8. The minimum Gasteiger partial charge on any atom is -0.356 e. The predicted octanol–water partition coefficient (Wildman–Crippen LogP) is 4.75. The summed E-state index contributed by atoms with van der Waals surface area (Å²) < 4.78 is 0. The Morgan fingerprint density at radius 2 is 1.65 bits per heavy atom. The fraction of sp³-hybridized carbons (Fsp3) is 0.733. The lowest BCUT2D eigenvalue weighted by Gasteiger charge is -2.25. The van der Waals surface area contributed by atoms with E-state index in [1.807, 2.05) is 12.3 Å². The van der Waals surface area contributed by atoms with Crippen molar-refractivity contribution in [3.8, 4) is 0 Å². The first-order chi connectivity index (χ1) is 9.42. The van der Waals surface area contributed by atoms with Gasteiger partial charge in [-0.1, -0.05) is 51.1 Å². The molecule has 114 valence electrons. The van der Waals surface area contributed by atoms with E-state index in [1.165, 1.54) is 11.8 Å². The molecule has 0 aliphatic heterocycles. The van der Waals surface area contributed by atoms with Crippen molar-refractivity contribution in [3.63, 3.8) is 0 Å². The molecule has 0 fully saturated rings. The smallest absolute Gasteiger partial charge is 0.190 e. The van der Waals surface area contributed by atoms with Crippen LogP contribution in [0.5, 0.6) is 0 Å². The van der Waals surface area contributed by atoms with Gasteiger partial charge in [0.15, 0.2) is 5.16 Å². The Morgan fingerprint density at radius 3 is 2.10 bits per heavy atom. The van der Waals surface area contributed by atoms with E-state index in [-0.39, 0.29) is 0 Å². The lowest BCUT2D eigenvalue weighted by atomic mass is 10.1. The van der Waals surface area contributed by atoms with E-state index in [2.05, 4.69) is 42.6 Å². The summed E-state index contributed by atoms with van der Waals surface area (Å²) in [5, 5.41) is 1.27. The molecular formula is C15H26ClN3S. The van der Waals surface area contributed by atoms with Gasteiger partial charge in [-0.05, 0) is 30.9 Å². The van der Waals surface area contributed by atoms with Crippen molar-refractivity contribution in [1.82, 2.24) is 9.97 Å². The van der Waals surface area contributed by atoms with Crippen LogP contribution in [-0.2, 0) is 0 Å². The van der Waals surface area contributed by atoms with Gasteiger partial charge in [-0.3, -0.25) is 0 Å². The highest BCUT2D eigenvalue weighted by molar-refractivity contribution is 7.98. The largest absolute Gasteiger partial charge is 0.356 e. The molecule has 20 heavy (non-hydrogen) atoms. The molecule has 0 aliphatic rings. The molecule has 0 saturated heterocycles. The van der Waals surface area contributed by atoms with Gasteiger partial charge in [0.05, 0.1) is 0 Å². The molecule has 0 N–H and O–H groups in total. The summed E-state index contributed by atoms with van der Waals surface area (Å²) in [6.45, 7) is 11.0. The first-order valence-corrected chi connectivity index (χ1v) is 8.86. The predicted molar refractivity (Wildman–Crippen MR) is 89.9 cm³/mol. The topological polar surface area (TPSA) is 29.0 Å². The quantitative estimate of drug-likeness (QED) is 0.393. The number of hydrogen-bond donors (Lipinski definition) is 0. The van der Waals surface area contributed by atoms with Crippen LogP contribution in [0.1, 0.15) is 40.5 Å². The minimum atomic E-state index is 0.526. The number of halogens is 1. The maximum atomic E-state index is 6.11. The van der Waals surface area contributed by atoms with Crippen molar-refractivity contribution in [2.24, 2.45) is 11.8 Å². The van der Waals surface area contributed by atoms with Crippen LogP contribution in [0.15, 0.2) is 11.2 Å². The Bertz CT molecular complexity index is 398. The fourth-order valence-electron chi connectivity index (χ4n) is 1.81. The van der Waals surface area contributed by atoms with E-state index in [0.29, 0.717) is 17.0 Å². The number of nitrogens with zero attached hydrogens (tertiary/aromatic N) is 3. The van der Waals surface area contributed by atoms with Gasteiger partial charge in [-0.25, -0.2) is 9.97 Å². The van der Waals surface area contributed by atoms with Gasteiger partial charge in [-0.15, -0.1) is 0 Å². The zero-order valence-corrected chi connectivity index (χ0v) is 14.8. The van der Waals surface area contributed by atoms with Gasteiger partial charge in [0.1, 0.15) is 11.0 Å².